The van der Waals surface area contributed by atoms with Gasteiger partial charge in [-0.3, -0.25) is 9.20 Å². The molecule has 0 bridgehead atoms. The van der Waals surface area contributed by atoms with E-state index in [4.69, 9.17) is 0 Å². The minimum absolute atomic E-state index is 0.00446. The third-order valence-corrected chi connectivity index (χ3v) is 6.62. The van der Waals surface area contributed by atoms with E-state index in [0.29, 0.717) is 10.9 Å². The van der Waals surface area contributed by atoms with E-state index in [-0.39, 0.29) is 11.4 Å². The molecule has 26 heavy (non-hydrogen) atoms. The van der Waals surface area contributed by atoms with Gasteiger partial charge < -0.3 is 5.32 Å². The van der Waals surface area contributed by atoms with Crippen molar-refractivity contribution in [2.24, 2.45) is 5.92 Å². The van der Waals surface area contributed by atoms with Gasteiger partial charge in [-0.15, -0.1) is 21.5 Å². The van der Waals surface area contributed by atoms with Crippen LogP contribution < -0.4 is 5.32 Å². The molecule has 1 unspecified atom stereocenters. The second-order valence-electron chi connectivity index (χ2n) is 8.04. The van der Waals surface area contributed by atoms with Gasteiger partial charge in [-0.25, -0.2) is 4.98 Å². The molecule has 4 rings (SSSR count). The average Bonchev–Trinajstić information content (AvgIpc) is 3.10. The number of nitrogens with zero attached hydrogens (tertiary/aromatic N) is 4. The minimum Gasteiger partial charge on any atom is -0.351 e. The summed E-state index contributed by atoms with van der Waals surface area (Å²) in [5, 5.41) is 13.6. The first-order chi connectivity index (χ1) is 12.3. The second kappa shape index (κ2) is 6.49. The first-order valence-electron chi connectivity index (χ1n) is 8.89. The van der Waals surface area contributed by atoms with Gasteiger partial charge in [-0.1, -0.05) is 18.7 Å². The van der Waals surface area contributed by atoms with E-state index in [0.717, 1.165) is 34.6 Å². The Morgan fingerprint density at radius 1 is 1.42 bits per heavy atom. The molecule has 1 aliphatic carbocycles. The van der Waals surface area contributed by atoms with Crippen molar-refractivity contribution in [2.75, 3.05) is 5.75 Å². The van der Waals surface area contributed by atoms with Crippen LogP contribution in [0.2, 0.25) is 0 Å². The monoisotopic (exact) mass is 389 g/mol. The Morgan fingerprint density at radius 2 is 2.23 bits per heavy atom. The van der Waals surface area contributed by atoms with E-state index in [1.54, 1.807) is 17.7 Å². The van der Waals surface area contributed by atoms with Crippen molar-refractivity contribution in [3.63, 3.8) is 0 Å². The third kappa shape index (κ3) is 3.32. The number of carbonyl (C=O) groups excluding carboxylic acids is 1. The highest BCUT2D eigenvalue weighted by molar-refractivity contribution is 7.99. The Bertz CT molecular complexity index is 985. The van der Waals surface area contributed by atoms with Crippen LogP contribution in [-0.4, -0.2) is 36.8 Å². The lowest BCUT2D eigenvalue weighted by atomic mass is 9.89. The summed E-state index contributed by atoms with van der Waals surface area (Å²) in [6, 6.07) is 0. The fourth-order valence-electron chi connectivity index (χ4n) is 3.40. The number of carbonyl (C=O) groups is 1. The molecular formula is C18H23N5OS2. The fourth-order valence-corrected chi connectivity index (χ4v) is 5.45. The first-order valence-corrected chi connectivity index (χ1v) is 10.7. The number of amides is 1. The van der Waals surface area contributed by atoms with Gasteiger partial charge in [0.15, 0.2) is 10.8 Å². The van der Waals surface area contributed by atoms with Gasteiger partial charge in [-0.05, 0) is 51.5 Å². The van der Waals surface area contributed by atoms with Crippen LogP contribution in [0.4, 0.5) is 0 Å². The number of thioether (sulfide) groups is 1. The highest BCUT2D eigenvalue weighted by atomic mass is 32.2. The van der Waals surface area contributed by atoms with Gasteiger partial charge in [0.2, 0.25) is 5.91 Å². The normalized spacial score (nSPS) is 17.6. The second-order valence-corrected chi connectivity index (χ2v) is 10.1. The average molecular weight is 390 g/mol. The molecule has 3 aromatic rings. The Morgan fingerprint density at radius 3 is 3.00 bits per heavy atom. The Balaban J connectivity index is 1.64. The van der Waals surface area contributed by atoms with E-state index < -0.39 is 0 Å². The molecule has 0 saturated carbocycles. The number of aryl methyl sites for hydroxylation is 1. The number of aromatic nitrogens is 4. The molecule has 1 atom stereocenters. The molecule has 0 spiro atoms. The third-order valence-electron chi connectivity index (χ3n) is 4.52. The maximum atomic E-state index is 12.1. The SMILES string of the molecule is CC1CCc2c(sc3ncn4c(SCC(=O)NC(C)(C)C)nnc4c23)C1. The molecule has 0 aliphatic heterocycles. The van der Waals surface area contributed by atoms with E-state index in [1.807, 2.05) is 25.2 Å². The molecule has 1 amide bonds. The summed E-state index contributed by atoms with van der Waals surface area (Å²) in [4.78, 5) is 19.2. The van der Waals surface area contributed by atoms with Crippen LogP contribution in [0.5, 0.6) is 0 Å². The number of nitrogens with one attached hydrogen (secondary N) is 1. The van der Waals surface area contributed by atoms with Crippen molar-refractivity contribution >= 4 is 44.9 Å². The lowest BCUT2D eigenvalue weighted by Gasteiger charge is -2.20. The largest absolute Gasteiger partial charge is 0.351 e. The van der Waals surface area contributed by atoms with E-state index >= 15 is 0 Å². The van der Waals surface area contributed by atoms with Crippen LogP contribution in [0.3, 0.4) is 0 Å². The lowest BCUT2D eigenvalue weighted by molar-refractivity contribution is -0.119. The Labute approximate surface area is 160 Å². The van der Waals surface area contributed by atoms with Crippen LogP contribution in [0.25, 0.3) is 15.9 Å². The van der Waals surface area contributed by atoms with Crippen LogP contribution >= 0.6 is 23.1 Å². The fraction of sp³-hybridized carbons (Fsp3) is 0.556. The topological polar surface area (TPSA) is 72.2 Å². The molecule has 1 N–H and O–H groups in total. The molecule has 0 radical (unpaired) electrons. The number of hydrogen-bond acceptors (Lipinski definition) is 6. The summed E-state index contributed by atoms with van der Waals surface area (Å²) in [5.41, 5.74) is 2.03. The van der Waals surface area contributed by atoms with E-state index in [9.17, 15) is 4.79 Å². The molecule has 6 nitrogen and oxygen atoms in total. The van der Waals surface area contributed by atoms with Crippen molar-refractivity contribution in [1.82, 2.24) is 24.9 Å². The van der Waals surface area contributed by atoms with E-state index in [1.165, 1.54) is 28.6 Å². The maximum absolute atomic E-state index is 12.1. The number of hydrogen-bond donors (Lipinski definition) is 1. The Kier molecular flexibility index (Phi) is 4.43. The highest BCUT2D eigenvalue weighted by Gasteiger charge is 2.24. The van der Waals surface area contributed by atoms with Gasteiger partial charge in [0, 0.05) is 10.4 Å². The van der Waals surface area contributed by atoms with Crippen molar-refractivity contribution in [1.29, 1.82) is 0 Å². The number of fused-ring (bicyclic) bond motifs is 5. The molecule has 3 aromatic heterocycles. The first kappa shape index (κ1) is 17.7. The predicted octanol–water partition coefficient (Wildman–Crippen LogP) is 3.47. The summed E-state index contributed by atoms with van der Waals surface area (Å²) >= 11 is 3.18. The standard InChI is InChI=1S/C18H23N5OS2/c1-10-5-6-11-12(7-10)26-16-14(11)15-21-22-17(23(15)9-19-16)25-8-13(24)20-18(2,3)4/h9-10H,5-8H2,1-4H3,(H,20,24). The van der Waals surface area contributed by atoms with Crippen molar-refractivity contribution in [2.45, 2.75) is 57.7 Å². The molecule has 1 aliphatic rings. The molecule has 0 saturated heterocycles. The summed E-state index contributed by atoms with van der Waals surface area (Å²) in [6.45, 7) is 8.24. The summed E-state index contributed by atoms with van der Waals surface area (Å²) in [5.74, 6) is 1.04. The summed E-state index contributed by atoms with van der Waals surface area (Å²) < 4.78 is 1.92. The van der Waals surface area contributed by atoms with Crippen molar-refractivity contribution in [3.05, 3.63) is 16.8 Å². The minimum atomic E-state index is -0.231. The number of thiophene rings is 1. The highest BCUT2D eigenvalue weighted by Crippen LogP contribution is 2.39. The van der Waals surface area contributed by atoms with Crippen LogP contribution in [-0.2, 0) is 17.6 Å². The van der Waals surface area contributed by atoms with Gasteiger partial charge in [-0.2, -0.15) is 0 Å². The van der Waals surface area contributed by atoms with E-state index in [2.05, 4.69) is 27.4 Å². The quantitative estimate of drug-likeness (QED) is 0.695. The molecule has 0 aromatic carbocycles. The Hall–Kier alpha value is -1.67. The predicted molar refractivity (Wildman–Crippen MR) is 106 cm³/mol. The van der Waals surface area contributed by atoms with Crippen molar-refractivity contribution < 1.29 is 4.79 Å². The van der Waals surface area contributed by atoms with Crippen LogP contribution in [0.1, 0.15) is 44.6 Å². The summed E-state index contributed by atoms with van der Waals surface area (Å²) in [7, 11) is 0. The van der Waals surface area contributed by atoms with Crippen LogP contribution in [0.15, 0.2) is 11.5 Å². The maximum Gasteiger partial charge on any atom is 0.230 e. The molecule has 3 heterocycles. The van der Waals surface area contributed by atoms with Gasteiger partial charge in [0.25, 0.3) is 0 Å². The zero-order chi connectivity index (χ0) is 18.5. The molecule has 0 fully saturated rings. The molecule has 8 heteroatoms. The van der Waals surface area contributed by atoms with Gasteiger partial charge in [0.05, 0.1) is 11.1 Å². The van der Waals surface area contributed by atoms with Gasteiger partial charge in [0.1, 0.15) is 11.2 Å². The zero-order valence-corrected chi connectivity index (χ0v) is 17.1. The number of rotatable bonds is 3. The van der Waals surface area contributed by atoms with Crippen LogP contribution in [0, 0.1) is 5.92 Å². The molecule has 138 valence electrons. The summed E-state index contributed by atoms with van der Waals surface area (Å²) in [6.07, 6.45) is 5.21. The molecular weight excluding hydrogens is 366 g/mol. The smallest absolute Gasteiger partial charge is 0.230 e. The van der Waals surface area contributed by atoms with Crippen molar-refractivity contribution in [3.8, 4) is 0 Å². The van der Waals surface area contributed by atoms with Gasteiger partial charge >= 0.3 is 0 Å². The zero-order valence-electron chi connectivity index (χ0n) is 15.5. The lowest BCUT2D eigenvalue weighted by Crippen LogP contribution is -2.41.